The first-order chi connectivity index (χ1) is 9.69. The van der Waals surface area contributed by atoms with Crippen LogP contribution in [0.4, 0.5) is 5.69 Å². The molecule has 0 aliphatic rings. The molecule has 0 atom stereocenters. The van der Waals surface area contributed by atoms with Crippen molar-refractivity contribution in [3.8, 4) is 6.07 Å². The maximum atomic E-state index is 11.9. The Bertz CT molecular complexity index is 471. The van der Waals surface area contributed by atoms with E-state index in [0.717, 1.165) is 0 Å². The highest BCUT2D eigenvalue weighted by molar-refractivity contribution is 5.92. The van der Waals surface area contributed by atoms with Gasteiger partial charge in [-0.05, 0) is 18.2 Å². The summed E-state index contributed by atoms with van der Waals surface area (Å²) in [6.45, 7) is 1.64. The van der Waals surface area contributed by atoms with Crippen LogP contribution < -0.4 is 5.32 Å². The largest absolute Gasteiger partial charge is 0.395 e. The van der Waals surface area contributed by atoms with Crippen LogP contribution in [0.2, 0.25) is 0 Å². The van der Waals surface area contributed by atoms with Crippen LogP contribution in [0.5, 0.6) is 0 Å². The number of nitrogens with one attached hydrogen (secondary N) is 1. The summed E-state index contributed by atoms with van der Waals surface area (Å²) in [5, 5.41) is 20.5. The van der Waals surface area contributed by atoms with Crippen LogP contribution >= 0.6 is 0 Å². The third-order valence-electron chi connectivity index (χ3n) is 2.67. The molecule has 6 nitrogen and oxygen atoms in total. The number of carbonyl (C=O) groups is 1. The van der Waals surface area contributed by atoms with E-state index in [-0.39, 0.29) is 19.1 Å². The quantitative estimate of drug-likeness (QED) is 0.720. The van der Waals surface area contributed by atoms with Gasteiger partial charge in [0.25, 0.3) is 0 Å². The molecule has 0 saturated heterocycles. The molecule has 0 aromatic heterocycles. The van der Waals surface area contributed by atoms with Gasteiger partial charge in [-0.25, -0.2) is 0 Å². The Hall–Kier alpha value is -1.94. The Morgan fingerprint density at radius 2 is 2.30 bits per heavy atom. The number of aliphatic hydroxyl groups is 1. The summed E-state index contributed by atoms with van der Waals surface area (Å²) in [5.74, 6) is -0.190. The van der Waals surface area contributed by atoms with Gasteiger partial charge in [0.1, 0.15) is 0 Å². The van der Waals surface area contributed by atoms with Crippen molar-refractivity contribution in [2.24, 2.45) is 0 Å². The maximum Gasteiger partial charge on any atom is 0.238 e. The van der Waals surface area contributed by atoms with E-state index in [2.05, 4.69) is 5.32 Å². The predicted octanol–water partition coefficient (Wildman–Crippen LogP) is 0.437. The van der Waals surface area contributed by atoms with Gasteiger partial charge in [0, 0.05) is 25.9 Å². The number of rotatable bonds is 8. The van der Waals surface area contributed by atoms with Gasteiger partial charge >= 0.3 is 0 Å². The second kappa shape index (κ2) is 9.04. The lowest BCUT2D eigenvalue weighted by molar-refractivity contribution is -0.117. The second-order valence-electron chi connectivity index (χ2n) is 4.23. The standard InChI is InChI=1S/C14H19N3O3/c1-20-8-6-17(5-7-18)11-14(19)16-13-4-2-3-12(9-13)10-15/h2-4,9,18H,5-8,11H2,1H3,(H,16,19). The molecular formula is C14H19N3O3. The van der Waals surface area contributed by atoms with Gasteiger partial charge in [-0.3, -0.25) is 9.69 Å². The number of carbonyl (C=O) groups excluding carboxylic acids is 1. The fourth-order valence-corrected chi connectivity index (χ4v) is 1.70. The molecule has 1 amide bonds. The number of benzene rings is 1. The van der Waals surface area contributed by atoms with Gasteiger partial charge in [0.2, 0.25) is 5.91 Å². The zero-order chi connectivity index (χ0) is 14.8. The fraction of sp³-hybridized carbons (Fsp3) is 0.429. The molecule has 0 aliphatic heterocycles. The molecular weight excluding hydrogens is 258 g/mol. The average Bonchev–Trinajstić information content (AvgIpc) is 2.45. The summed E-state index contributed by atoms with van der Waals surface area (Å²) >= 11 is 0. The number of hydrogen-bond acceptors (Lipinski definition) is 5. The van der Waals surface area contributed by atoms with Crippen LogP contribution in [0.25, 0.3) is 0 Å². The van der Waals surface area contributed by atoms with E-state index in [1.54, 1.807) is 36.3 Å². The minimum Gasteiger partial charge on any atom is -0.395 e. The molecule has 0 radical (unpaired) electrons. The second-order valence-corrected chi connectivity index (χ2v) is 4.23. The third-order valence-corrected chi connectivity index (χ3v) is 2.67. The summed E-state index contributed by atoms with van der Waals surface area (Å²) in [4.78, 5) is 13.7. The molecule has 1 aromatic rings. The number of nitrogens with zero attached hydrogens (tertiary/aromatic N) is 2. The SMILES string of the molecule is COCCN(CCO)CC(=O)Nc1cccc(C#N)c1. The van der Waals surface area contributed by atoms with Gasteiger partial charge in [0.05, 0.1) is 31.4 Å². The van der Waals surface area contributed by atoms with Crippen molar-refractivity contribution >= 4 is 11.6 Å². The topological polar surface area (TPSA) is 85.6 Å². The molecule has 0 saturated carbocycles. The summed E-state index contributed by atoms with van der Waals surface area (Å²) < 4.78 is 4.96. The predicted molar refractivity (Wildman–Crippen MR) is 75.2 cm³/mol. The third kappa shape index (κ3) is 5.80. The van der Waals surface area contributed by atoms with Crippen molar-refractivity contribution in [2.75, 3.05) is 45.3 Å². The lowest BCUT2D eigenvalue weighted by Gasteiger charge is -2.20. The number of aliphatic hydroxyl groups excluding tert-OH is 1. The number of ether oxygens (including phenoxy) is 1. The van der Waals surface area contributed by atoms with Crippen molar-refractivity contribution in [2.45, 2.75) is 0 Å². The zero-order valence-electron chi connectivity index (χ0n) is 11.5. The van der Waals surface area contributed by atoms with E-state index in [9.17, 15) is 4.79 Å². The zero-order valence-corrected chi connectivity index (χ0v) is 11.5. The van der Waals surface area contributed by atoms with Crippen LogP contribution in [-0.2, 0) is 9.53 Å². The van der Waals surface area contributed by atoms with Crippen LogP contribution in [0.15, 0.2) is 24.3 Å². The van der Waals surface area contributed by atoms with E-state index in [4.69, 9.17) is 15.1 Å². The van der Waals surface area contributed by atoms with Crippen molar-refractivity contribution in [1.29, 1.82) is 5.26 Å². The molecule has 108 valence electrons. The lowest BCUT2D eigenvalue weighted by Crippen LogP contribution is -2.37. The first-order valence-corrected chi connectivity index (χ1v) is 6.31. The van der Waals surface area contributed by atoms with E-state index in [1.165, 1.54) is 0 Å². The number of anilines is 1. The highest BCUT2D eigenvalue weighted by Gasteiger charge is 2.10. The summed E-state index contributed by atoms with van der Waals surface area (Å²) in [7, 11) is 1.59. The van der Waals surface area contributed by atoms with Crippen molar-refractivity contribution < 1.29 is 14.6 Å². The molecule has 6 heteroatoms. The molecule has 0 unspecified atom stereocenters. The molecule has 20 heavy (non-hydrogen) atoms. The van der Waals surface area contributed by atoms with Crippen LogP contribution in [0.1, 0.15) is 5.56 Å². The number of hydrogen-bond donors (Lipinski definition) is 2. The van der Waals surface area contributed by atoms with Crippen LogP contribution in [0, 0.1) is 11.3 Å². The number of amides is 1. The molecule has 0 bridgehead atoms. The Labute approximate surface area is 118 Å². The van der Waals surface area contributed by atoms with Crippen molar-refractivity contribution in [1.82, 2.24) is 4.90 Å². The molecule has 0 heterocycles. The molecule has 0 aliphatic carbocycles. The van der Waals surface area contributed by atoms with Gasteiger partial charge in [-0.2, -0.15) is 5.26 Å². The first kappa shape index (κ1) is 16.1. The number of nitriles is 1. The smallest absolute Gasteiger partial charge is 0.238 e. The van der Waals surface area contributed by atoms with Gasteiger partial charge in [-0.15, -0.1) is 0 Å². The minimum absolute atomic E-state index is 0.0130. The molecule has 1 aromatic carbocycles. The molecule has 0 fully saturated rings. The Kier molecular flexibility index (Phi) is 7.29. The van der Waals surface area contributed by atoms with E-state index in [0.29, 0.717) is 30.9 Å². The van der Waals surface area contributed by atoms with E-state index >= 15 is 0 Å². The Morgan fingerprint density at radius 3 is 2.95 bits per heavy atom. The molecule has 1 rings (SSSR count). The summed E-state index contributed by atoms with van der Waals surface area (Å²) in [6, 6.07) is 8.75. The number of methoxy groups -OCH3 is 1. The summed E-state index contributed by atoms with van der Waals surface area (Å²) in [6.07, 6.45) is 0. The Morgan fingerprint density at radius 1 is 1.50 bits per heavy atom. The molecule has 0 spiro atoms. The van der Waals surface area contributed by atoms with Gasteiger partial charge in [0.15, 0.2) is 0 Å². The Balaban J connectivity index is 2.53. The highest BCUT2D eigenvalue weighted by Crippen LogP contribution is 2.09. The van der Waals surface area contributed by atoms with E-state index in [1.807, 2.05) is 6.07 Å². The van der Waals surface area contributed by atoms with Gasteiger partial charge in [-0.1, -0.05) is 6.07 Å². The van der Waals surface area contributed by atoms with E-state index < -0.39 is 0 Å². The maximum absolute atomic E-state index is 11.9. The van der Waals surface area contributed by atoms with Gasteiger partial charge < -0.3 is 15.2 Å². The van der Waals surface area contributed by atoms with Crippen LogP contribution in [-0.4, -0.2) is 55.9 Å². The fourth-order valence-electron chi connectivity index (χ4n) is 1.70. The van der Waals surface area contributed by atoms with Crippen molar-refractivity contribution in [3.05, 3.63) is 29.8 Å². The van der Waals surface area contributed by atoms with Crippen molar-refractivity contribution in [3.63, 3.8) is 0 Å². The lowest BCUT2D eigenvalue weighted by atomic mass is 10.2. The summed E-state index contributed by atoms with van der Waals surface area (Å²) in [5.41, 5.74) is 1.08. The van der Waals surface area contributed by atoms with Crippen LogP contribution in [0.3, 0.4) is 0 Å². The highest BCUT2D eigenvalue weighted by atomic mass is 16.5. The first-order valence-electron chi connectivity index (χ1n) is 6.31. The molecule has 2 N–H and O–H groups in total. The normalized spacial score (nSPS) is 10.3. The minimum atomic E-state index is -0.190. The average molecular weight is 277 g/mol. The monoisotopic (exact) mass is 277 g/mol.